The van der Waals surface area contributed by atoms with Crippen LogP contribution in [0, 0.1) is 0 Å². The van der Waals surface area contributed by atoms with Crippen LogP contribution in [0.5, 0.6) is 0 Å². The Bertz CT molecular complexity index is 818. The fraction of sp³-hybridized carbons (Fsp3) is 0.381. The lowest BCUT2D eigenvalue weighted by atomic mass is 10.1. The van der Waals surface area contributed by atoms with E-state index < -0.39 is 10.0 Å². The molecular weight excluding hydrogens is 360 g/mol. The van der Waals surface area contributed by atoms with Crippen molar-refractivity contribution in [2.75, 3.05) is 19.6 Å². The van der Waals surface area contributed by atoms with Gasteiger partial charge < -0.3 is 4.90 Å². The third kappa shape index (κ3) is 6.81. The van der Waals surface area contributed by atoms with Crippen LogP contribution in [0.4, 0.5) is 0 Å². The van der Waals surface area contributed by atoms with Gasteiger partial charge in [0.2, 0.25) is 15.9 Å². The van der Waals surface area contributed by atoms with Crippen molar-refractivity contribution in [1.29, 1.82) is 0 Å². The molecule has 2 aromatic carbocycles. The van der Waals surface area contributed by atoms with E-state index in [2.05, 4.69) is 16.9 Å². The maximum Gasteiger partial charge on any atom is 0.240 e. The molecule has 1 N–H and O–H groups in total. The Morgan fingerprint density at radius 1 is 0.963 bits per heavy atom. The Balaban J connectivity index is 1.83. The minimum absolute atomic E-state index is 0.0467. The molecule has 0 spiro atoms. The van der Waals surface area contributed by atoms with Crippen molar-refractivity contribution in [2.45, 2.75) is 38.0 Å². The number of nitrogens with zero attached hydrogens (tertiary/aromatic N) is 1. The normalized spacial score (nSPS) is 11.3. The van der Waals surface area contributed by atoms with Gasteiger partial charge in [0.05, 0.1) is 4.90 Å². The van der Waals surface area contributed by atoms with Crippen LogP contribution in [-0.4, -0.2) is 38.9 Å². The Morgan fingerprint density at radius 2 is 1.63 bits per heavy atom. The third-order valence-electron chi connectivity index (χ3n) is 4.50. The molecule has 2 rings (SSSR count). The van der Waals surface area contributed by atoms with Gasteiger partial charge in [0, 0.05) is 26.6 Å². The Hall–Kier alpha value is -2.18. The molecule has 0 aliphatic heterocycles. The fourth-order valence-electron chi connectivity index (χ4n) is 2.85. The van der Waals surface area contributed by atoms with E-state index in [1.807, 2.05) is 37.3 Å². The topological polar surface area (TPSA) is 66.5 Å². The predicted molar refractivity (Wildman–Crippen MR) is 108 cm³/mol. The lowest BCUT2D eigenvalue weighted by Gasteiger charge is -2.21. The number of amides is 1. The van der Waals surface area contributed by atoms with Crippen LogP contribution in [0.1, 0.15) is 31.4 Å². The molecule has 0 fully saturated rings. The molecule has 0 atom stereocenters. The van der Waals surface area contributed by atoms with Crippen LogP contribution < -0.4 is 4.72 Å². The highest BCUT2D eigenvalue weighted by molar-refractivity contribution is 7.89. The van der Waals surface area contributed by atoms with E-state index in [9.17, 15) is 13.2 Å². The number of hydrogen-bond donors (Lipinski definition) is 1. The van der Waals surface area contributed by atoms with E-state index in [1.54, 1.807) is 17.0 Å². The molecule has 0 saturated heterocycles. The number of carbonyl (C=O) groups is 1. The standard InChI is InChI=1S/C21H28N2O3S/c1-3-19-11-13-21(14-12-19)27(25,26)22-15-17-23(18(2)24)16-7-10-20-8-5-4-6-9-20/h4-6,8-9,11-14,22H,3,7,10,15-17H2,1-2H3. The third-order valence-corrected chi connectivity index (χ3v) is 5.97. The molecule has 0 heterocycles. The first kappa shape index (κ1) is 21.1. The number of benzene rings is 2. The lowest BCUT2D eigenvalue weighted by molar-refractivity contribution is -0.128. The van der Waals surface area contributed by atoms with E-state index in [0.717, 1.165) is 24.8 Å². The second kappa shape index (κ2) is 10.2. The molecule has 6 heteroatoms. The maximum atomic E-state index is 12.4. The second-order valence-electron chi connectivity index (χ2n) is 6.49. The van der Waals surface area contributed by atoms with Crippen LogP contribution in [0.3, 0.4) is 0 Å². The highest BCUT2D eigenvalue weighted by atomic mass is 32.2. The molecule has 0 bridgehead atoms. The largest absolute Gasteiger partial charge is 0.342 e. The van der Waals surface area contributed by atoms with Crippen LogP contribution in [0.15, 0.2) is 59.5 Å². The molecule has 5 nitrogen and oxygen atoms in total. The first-order valence-corrected chi connectivity index (χ1v) is 10.8. The van der Waals surface area contributed by atoms with Crippen LogP contribution >= 0.6 is 0 Å². The van der Waals surface area contributed by atoms with Gasteiger partial charge in [-0.25, -0.2) is 13.1 Å². The number of aryl methyl sites for hydroxylation is 2. The average molecular weight is 389 g/mol. The minimum Gasteiger partial charge on any atom is -0.342 e. The maximum absolute atomic E-state index is 12.4. The Morgan fingerprint density at radius 3 is 2.22 bits per heavy atom. The van der Waals surface area contributed by atoms with Crippen LogP contribution in [-0.2, 0) is 27.7 Å². The molecule has 0 radical (unpaired) electrons. The fourth-order valence-corrected chi connectivity index (χ4v) is 3.87. The zero-order valence-electron chi connectivity index (χ0n) is 16.0. The van der Waals surface area contributed by atoms with Gasteiger partial charge in [-0.3, -0.25) is 4.79 Å². The minimum atomic E-state index is -3.56. The van der Waals surface area contributed by atoms with Crippen LogP contribution in [0.2, 0.25) is 0 Å². The SMILES string of the molecule is CCc1ccc(S(=O)(=O)NCCN(CCCc2ccccc2)C(C)=O)cc1. The van der Waals surface area contributed by atoms with E-state index in [0.29, 0.717) is 13.1 Å². The summed E-state index contributed by atoms with van der Waals surface area (Å²) in [6, 6.07) is 17.0. The smallest absolute Gasteiger partial charge is 0.240 e. The van der Waals surface area contributed by atoms with Crippen molar-refractivity contribution in [2.24, 2.45) is 0 Å². The highest BCUT2D eigenvalue weighted by Gasteiger charge is 2.15. The summed E-state index contributed by atoms with van der Waals surface area (Å²) in [6.45, 7) is 4.70. The molecule has 0 unspecified atom stereocenters. The molecule has 0 aliphatic carbocycles. The summed E-state index contributed by atoms with van der Waals surface area (Å²) < 4.78 is 27.3. The van der Waals surface area contributed by atoms with Gasteiger partial charge in [-0.15, -0.1) is 0 Å². The molecule has 146 valence electrons. The molecule has 0 saturated carbocycles. The highest BCUT2D eigenvalue weighted by Crippen LogP contribution is 2.11. The second-order valence-corrected chi connectivity index (χ2v) is 8.26. The van der Waals surface area contributed by atoms with Gasteiger partial charge in [-0.2, -0.15) is 0 Å². The van der Waals surface area contributed by atoms with E-state index in [4.69, 9.17) is 0 Å². The molecule has 0 aromatic heterocycles. The molecule has 2 aromatic rings. The summed E-state index contributed by atoms with van der Waals surface area (Å²) in [5.41, 5.74) is 2.33. The zero-order chi connectivity index (χ0) is 19.7. The van der Waals surface area contributed by atoms with Crippen molar-refractivity contribution in [1.82, 2.24) is 9.62 Å². The number of sulfonamides is 1. The molecular formula is C21H28N2O3S. The van der Waals surface area contributed by atoms with Crippen molar-refractivity contribution in [3.05, 3.63) is 65.7 Å². The number of carbonyl (C=O) groups excluding carboxylic acids is 1. The first-order valence-electron chi connectivity index (χ1n) is 9.30. The van der Waals surface area contributed by atoms with Gasteiger partial charge in [-0.1, -0.05) is 49.4 Å². The van der Waals surface area contributed by atoms with Gasteiger partial charge in [0.1, 0.15) is 0 Å². The average Bonchev–Trinajstić information content (AvgIpc) is 2.67. The van der Waals surface area contributed by atoms with Crippen molar-refractivity contribution in [3.8, 4) is 0 Å². The predicted octanol–water partition coefficient (Wildman–Crippen LogP) is 3.01. The van der Waals surface area contributed by atoms with E-state index in [-0.39, 0.29) is 17.3 Å². The monoisotopic (exact) mass is 388 g/mol. The van der Waals surface area contributed by atoms with Gasteiger partial charge >= 0.3 is 0 Å². The summed E-state index contributed by atoms with van der Waals surface area (Å²) in [4.78, 5) is 13.8. The summed E-state index contributed by atoms with van der Waals surface area (Å²) >= 11 is 0. The summed E-state index contributed by atoms with van der Waals surface area (Å²) in [6.07, 6.45) is 2.60. The van der Waals surface area contributed by atoms with Crippen molar-refractivity contribution >= 4 is 15.9 Å². The van der Waals surface area contributed by atoms with Gasteiger partial charge in [0.15, 0.2) is 0 Å². The van der Waals surface area contributed by atoms with E-state index in [1.165, 1.54) is 12.5 Å². The number of nitrogens with one attached hydrogen (secondary N) is 1. The Labute approximate surface area is 162 Å². The number of hydrogen-bond acceptors (Lipinski definition) is 3. The Kier molecular flexibility index (Phi) is 8.00. The van der Waals surface area contributed by atoms with Crippen molar-refractivity contribution < 1.29 is 13.2 Å². The first-order chi connectivity index (χ1) is 12.9. The lowest BCUT2D eigenvalue weighted by Crippen LogP contribution is -2.38. The van der Waals surface area contributed by atoms with Gasteiger partial charge in [0.25, 0.3) is 0 Å². The number of rotatable bonds is 10. The summed E-state index contributed by atoms with van der Waals surface area (Å²) in [5.74, 6) is -0.0467. The summed E-state index contributed by atoms with van der Waals surface area (Å²) in [7, 11) is -3.56. The molecule has 0 aliphatic rings. The van der Waals surface area contributed by atoms with Crippen LogP contribution in [0.25, 0.3) is 0 Å². The van der Waals surface area contributed by atoms with E-state index >= 15 is 0 Å². The molecule has 27 heavy (non-hydrogen) atoms. The van der Waals surface area contributed by atoms with Gasteiger partial charge in [-0.05, 0) is 42.5 Å². The quantitative estimate of drug-likeness (QED) is 0.680. The summed E-state index contributed by atoms with van der Waals surface area (Å²) in [5, 5.41) is 0. The van der Waals surface area contributed by atoms with Crippen molar-refractivity contribution in [3.63, 3.8) is 0 Å². The molecule has 1 amide bonds. The zero-order valence-corrected chi connectivity index (χ0v) is 16.8.